The normalized spacial score (nSPS) is 13.4. The second-order valence-electron chi connectivity index (χ2n) is 4.60. The number of hydrazine groups is 2. The molecule has 0 spiro atoms. The van der Waals surface area contributed by atoms with Crippen molar-refractivity contribution >= 4 is 28.7 Å². The molecule has 4 nitrogen and oxygen atoms in total. The highest BCUT2D eigenvalue weighted by Gasteiger charge is 2.26. The maximum absolute atomic E-state index is 10.0. The van der Waals surface area contributed by atoms with Crippen LogP contribution in [-0.2, 0) is 0 Å². The van der Waals surface area contributed by atoms with Crippen molar-refractivity contribution in [2.45, 2.75) is 6.92 Å². The fraction of sp³-hybridized carbons (Fsp3) is 0.143. The van der Waals surface area contributed by atoms with E-state index >= 15 is 0 Å². The number of phenols is 1. The van der Waals surface area contributed by atoms with E-state index in [9.17, 15) is 5.11 Å². The van der Waals surface area contributed by atoms with Crippen molar-refractivity contribution < 1.29 is 5.11 Å². The summed E-state index contributed by atoms with van der Waals surface area (Å²) in [5.41, 5.74) is 6.93. The first-order valence-corrected chi connectivity index (χ1v) is 6.33. The summed E-state index contributed by atoms with van der Waals surface area (Å²) >= 11 is 5.99. The van der Waals surface area contributed by atoms with Gasteiger partial charge in [-0.25, -0.2) is 0 Å². The van der Waals surface area contributed by atoms with E-state index in [0.29, 0.717) is 10.7 Å². The molecule has 1 aliphatic heterocycles. The zero-order chi connectivity index (χ0) is 13.6. The number of aryl methyl sites for hydroxylation is 1. The van der Waals surface area contributed by atoms with Crippen molar-refractivity contribution in [2.24, 2.45) is 0 Å². The average molecular weight is 276 g/mol. The standard InChI is InChI=1S/C14H14ClN3O/c1-9-3-6-14(19)13(7-9)18-16-11-8-10(15)4-5-12(11)17(18)2/h3-8,16,19H,1-2H3. The van der Waals surface area contributed by atoms with E-state index in [4.69, 9.17) is 11.6 Å². The predicted octanol–water partition coefficient (Wildman–Crippen LogP) is 3.55. The lowest BCUT2D eigenvalue weighted by molar-refractivity contribution is 0.474. The number of hydrogen-bond donors (Lipinski definition) is 2. The van der Waals surface area contributed by atoms with E-state index in [2.05, 4.69) is 5.43 Å². The van der Waals surface area contributed by atoms with Gasteiger partial charge in [-0.3, -0.25) is 10.4 Å². The summed E-state index contributed by atoms with van der Waals surface area (Å²) in [7, 11) is 1.93. The molecule has 19 heavy (non-hydrogen) atoms. The van der Waals surface area contributed by atoms with Crippen LogP contribution in [0.1, 0.15) is 5.56 Å². The minimum atomic E-state index is 0.226. The predicted molar refractivity (Wildman–Crippen MR) is 78.8 cm³/mol. The molecule has 1 heterocycles. The van der Waals surface area contributed by atoms with Crippen molar-refractivity contribution in [3.05, 3.63) is 47.0 Å². The molecule has 0 radical (unpaired) electrons. The Morgan fingerprint density at radius 1 is 1.11 bits per heavy atom. The van der Waals surface area contributed by atoms with Crippen molar-refractivity contribution in [3.8, 4) is 5.75 Å². The molecule has 0 saturated heterocycles. The second-order valence-corrected chi connectivity index (χ2v) is 5.04. The molecule has 0 bridgehead atoms. The molecule has 2 aromatic carbocycles. The van der Waals surface area contributed by atoms with Gasteiger partial charge in [-0.05, 0) is 42.8 Å². The number of hydrogen-bond acceptors (Lipinski definition) is 4. The van der Waals surface area contributed by atoms with Gasteiger partial charge < -0.3 is 5.11 Å². The number of halogens is 1. The molecule has 0 saturated carbocycles. The van der Waals surface area contributed by atoms with Gasteiger partial charge >= 0.3 is 0 Å². The van der Waals surface area contributed by atoms with E-state index in [1.807, 2.05) is 49.3 Å². The summed E-state index contributed by atoms with van der Waals surface area (Å²) in [6.45, 7) is 1.99. The van der Waals surface area contributed by atoms with Gasteiger partial charge in [-0.1, -0.05) is 17.7 Å². The fourth-order valence-electron chi connectivity index (χ4n) is 2.20. The fourth-order valence-corrected chi connectivity index (χ4v) is 2.37. The van der Waals surface area contributed by atoms with Crippen LogP contribution in [-0.4, -0.2) is 12.2 Å². The van der Waals surface area contributed by atoms with Crippen LogP contribution >= 0.6 is 11.6 Å². The third-order valence-electron chi connectivity index (χ3n) is 3.19. The summed E-state index contributed by atoms with van der Waals surface area (Å²) in [4.78, 5) is 0. The number of rotatable bonds is 1. The van der Waals surface area contributed by atoms with Crippen molar-refractivity contribution in [1.29, 1.82) is 0 Å². The molecule has 1 aliphatic rings. The van der Waals surface area contributed by atoms with Gasteiger partial charge in [0.2, 0.25) is 0 Å². The van der Waals surface area contributed by atoms with Crippen LogP contribution in [0.2, 0.25) is 5.02 Å². The van der Waals surface area contributed by atoms with Crippen molar-refractivity contribution in [3.63, 3.8) is 0 Å². The number of aromatic hydroxyl groups is 1. The highest BCUT2D eigenvalue weighted by molar-refractivity contribution is 6.31. The minimum absolute atomic E-state index is 0.226. The molecule has 0 aliphatic carbocycles. The minimum Gasteiger partial charge on any atom is -0.506 e. The summed E-state index contributed by atoms with van der Waals surface area (Å²) in [5, 5.41) is 14.4. The molecule has 0 amide bonds. The van der Waals surface area contributed by atoms with E-state index < -0.39 is 0 Å². The van der Waals surface area contributed by atoms with Gasteiger partial charge in [0.05, 0.1) is 11.4 Å². The lowest BCUT2D eigenvalue weighted by Gasteiger charge is -2.28. The third kappa shape index (κ3) is 1.94. The van der Waals surface area contributed by atoms with Gasteiger partial charge in [0.15, 0.2) is 0 Å². The van der Waals surface area contributed by atoms with Crippen LogP contribution in [0.4, 0.5) is 17.1 Å². The Morgan fingerprint density at radius 2 is 1.89 bits per heavy atom. The number of anilines is 3. The smallest absolute Gasteiger partial charge is 0.142 e. The van der Waals surface area contributed by atoms with E-state index in [0.717, 1.165) is 16.9 Å². The molecule has 0 atom stereocenters. The summed E-state index contributed by atoms with van der Waals surface area (Å²) in [6, 6.07) is 11.1. The Hall–Kier alpha value is -2.07. The van der Waals surface area contributed by atoms with Crippen LogP contribution in [0.15, 0.2) is 36.4 Å². The third-order valence-corrected chi connectivity index (χ3v) is 3.43. The topological polar surface area (TPSA) is 38.7 Å². The zero-order valence-electron chi connectivity index (χ0n) is 10.7. The van der Waals surface area contributed by atoms with Crippen molar-refractivity contribution in [2.75, 3.05) is 22.6 Å². The molecule has 0 unspecified atom stereocenters. The molecular formula is C14H14ClN3O. The first kappa shape index (κ1) is 12.0. The quantitative estimate of drug-likeness (QED) is 0.835. The Morgan fingerprint density at radius 3 is 2.68 bits per heavy atom. The summed E-state index contributed by atoms with van der Waals surface area (Å²) in [6.07, 6.45) is 0. The lowest BCUT2D eigenvalue weighted by Crippen LogP contribution is -2.38. The Balaban J connectivity index is 2.03. The molecule has 0 fully saturated rings. The van der Waals surface area contributed by atoms with Gasteiger partial charge in [0, 0.05) is 12.1 Å². The van der Waals surface area contributed by atoms with Crippen LogP contribution in [0.25, 0.3) is 0 Å². The summed E-state index contributed by atoms with van der Waals surface area (Å²) < 4.78 is 0. The first-order chi connectivity index (χ1) is 9.06. The van der Waals surface area contributed by atoms with Crippen LogP contribution < -0.4 is 15.6 Å². The van der Waals surface area contributed by atoms with Gasteiger partial charge in [-0.15, -0.1) is 0 Å². The molecule has 0 aromatic heterocycles. The first-order valence-electron chi connectivity index (χ1n) is 5.96. The molecule has 5 heteroatoms. The van der Waals surface area contributed by atoms with E-state index in [1.165, 1.54) is 0 Å². The van der Waals surface area contributed by atoms with Crippen LogP contribution in [0.5, 0.6) is 5.75 Å². The highest BCUT2D eigenvalue weighted by Crippen LogP contribution is 2.39. The molecular weight excluding hydrogens is 262 g/mol. The van der Waals surface area contributed by atoms with Crippen molar-refractivity contribution in [1.82, 2.24) is 0 Å². The van der Waals surface area contributed by atoms with Gasteiger partial charge in [-0.2, -0.15) is 5.12 Å². The Labute approximate surface area is 116 Å². The van der Waals surface area contributed by atoms with Crippen LogP contribution in [0, 0.1) is 6.92 Å². The maximum Gasteiger partial charge on any atom is 0.142 e. The average Bonchev–Trinajstić information content (AvgIpc) is 2.69. The zero-order valence-corrected chi connectivity index (χ0v) is 11.4. The summed E-state index contributed by atoms with van der Waals surface area (Å²) in [5.74, 6) is 0.226. The maximum atomic E-state index is 10.0. The SMILES string of the molecule is Cc1ccc(O)c(N2Nc3cc(Cl)ccc3N2C)c1. The largest absolute Gasteiger partial charge is 0.506 e. The highest BCUT2D eigenvalue weighted by atomic mass is 35.5. The number of benzene rings is 2. The number of nitrogens with one attached hydrogen (secondary N) is 1. The Bertz CT molecular complexity index is 645. The number of nitrogens with zero attached hydrogens (tertiary/aromatic N) is 2. The molecule has 98 valence electrons. The molecule has 2 N–H and O–H groups in total. The second kappa shape index (κ2) is 4.24. The molecule has 2 aromatic rings. The van der Waals surface area contributed by atoms with E-state index in [1.54, 1.807) is 11.2 Å². The van der Waals surface area contributed by atoms with Gasteiger partial charge in [0.25, 0.3) is 0 Å². The lowest BCUT2D eigenvalue weighted by atomic mass is 10.2. The Kier molecular flexibility index (Phi) is 2.68. The van der Waals surface area contributed by atoms with E-state index in [-0.39, 0.29) is 5.75 Å². The van der Waals surface area contributed by atoms with Crippen LogP contribution in [0.3, 0.4) is 0 Å². The monoisotopic (exact) mass is 275 g/mol. The van der Waals surface area contributed by atoms with Gasteiger partial charge in [0.1, 0.15) is 11.4 Å². The molecule has 3 rings (SSSR count). The number of phenolic OH excluding ortho intramolecular Hbond substituents is 1. The number of fused-ring (bicyclic) bond motifs is 1.